The number of carbonyl (C=O) groups excluding carboxylic acids is 1. The lowest BCUT2D eigenvalue weighted by molar-refractivity contribution is 0.102. The van der Waals surface area contributed by atoms with Crippen LogP contribution >= 0.6 is 43.2 Å². The number of nitrogen functional groups attached to an aromatic ring is 1. The first kappa shape index (κ1) is 12.5. The molecule has 0 atom stereocenters. The summed E-state index contributed by atoms with van der Waals surface area (Å²) in [5.41, 5.74) is 6.72. The number of nitrogens with two attached hydrogens (primary N) is 1. The largest absolute Gasteiger partial charge is 0.398 e. The Morgan fingerprint density at radius 2 is 2.18 bits per heavy atom. The fraction of sp³-hybridized carbons (Fsp3) is 0. The van der Waals surface area contributed by atoms with E-state index in [0.717, 1.165) is 3.79 Å². The highest BCUT2D eigenvalue weighted by Crippen LogP contribution is 2.27. The molecule has 0 bridgehead atoms. The predicted octanol–water partition coefficient (Wildman–Crippen LogP) is 3.50. The molecule has 0 unspecified atom stereocenters. The second kappa shape index (κ2) is 5.16. The van der Waals surface area contributed by atoms with Gasteiger partial charge in [-0.15, -0.1) is 0 Å². The van der Waals surface area contributed by atoms with Crippen molar-refractivity contribution in [3.8, 4) is 0 Å². The van der Waals surface area contributed by atoms with Gasteiger partial charge in [0.05, 0.1) is 20.0 Å². The summed E-state index contributed by atoms with van der Waals surface area (Å²) in [6.45, 7) is 0. The molecule has 0 radical (unpaired) electrons. The van der Waals surface area contributed by atoms with Crippen LogP contribution in [0, 0.1) is 0 Å². The van der Waals surface area contributed by atoms with Crippen molar-refractivity contribution in [1.29, 1.82) is 0 Å². The molecule has 88 valence electrons. The van der Waals surface area contributed by atoms with Crippen molar-refractivity contribution in [3.05, 3.63) is 38.2 Å². The van der Waals surface area contributed by atoms with E-state index in [4.69, 9.17) is 5.73 Å². The van der Waals surface area contributed by atoms with Crippen molar-refractivity contribution in [3.63, 3.8) is 0 Å². The molecular formula is C10H7Br2N3OS. The first-order valence-corrected chi connectivity index (χ1v) is 6.95. The minimum Gasteiger partial charge on any atom is -0.398 e. The number of rotatable bonds is 2. The van der Waals surface area contributed by atoms with E-state index in [0.29, 0.717) is 20.9 Å². The molecule has 7 heteroatoms. The SMILES string of the molecule is Nc1cccc(C(=O)Nc2ncc(Br)s2)c1Br. The van der Waals surface area contributed by atoms with Crippen LogP contribution in [0.3, 0.4) is 0 Å². The normalized spacial score (nSPS) is 10.2. The first-order valence-electron chi connectivity index (χ1n) is 4.54. The number of carbonyl (C=O) groups is 1. The van der Waals surface area contributed by atoms with Gasteiger partial charge in [0.2, 0.25) is 0 Å². The third kappa shape index (κ3) is 2.85. The van der Waals surface area contributed by atoms with Crippen LogP contribution in [0.2, 0.25) is 0 Å². The zero-order chi connectivity index (χ0) is 12.4. The Morgan fingerprint density at radius 3 is 2.82 bits per heavy atom. The molecule has 0 aliphatic carbocycles. The van der Waals surface area contributed by atoms with Crippen LogP contribution in [0.4, 0.5) is 10.8 Å². The van der Waals surface area contributed by atoms with Crippen LogP contribution in [0.5, 0.6) is 0 Å². The highest BCUT2D eigenvalue weighted by Gasteiger charge is 2.13. The Labute approximate surface area is 118 Å². The van der Waals surface area contributed by atoms with Gasteiger partial charge in [-0.1, -0.05) is 17.4 Å². The van der Waals surface area contributed by atoms with Gasteiger partial charge in [-0.25, -0.2) is 4.98 Å². The number of hydrogen-bond acceptors (Lipinski definition) is 4. The molecule has 0 aliphatic rings. The van der Waals surface area contributed by atoms with E-state index in [1.807, 2.05) is 0 Å². The maximum absolute atomic E-state index is 12.0. The third-order valence-electron chi connectivity index (χ3n) is 1.97. The van der Waals surface area contributed by atoms with Crippen LogP contribution in [0.15, 0.2) is 32.7 Å². The molecule has 2 aromatic rings. The van der Waals surface area contributed by atoms with Crippen LogP contribution < -0.4 is 11.1 Å². The molecule has 0 saturated carbocycles. The number of thiazole rings is 1. The number of nitrogens with one attached hydrogen (secondary N) is 1. The summed E-state index contributed by atoms with van der Waals surface area (Å²) in [6.07, 6.45) is 1.63. The number of amides is 1. The van der Waals surface area contributed by atoms with Crippen molar-refractivity contribution in [2.75, 3.05) is 11.1 Å². The molecule has 17 heavy (non-hydrogen) atoms. The molecule has 0 saturated heterocycles. The van der Waals surface area contributed by atoms with E-state index in [2.05, 4.69) is 42.2 Å². The van der Waals surface area contributed by atoms with E-state index < -0.39 is 0 Å². The minimum atomic E-state index is -0.244. The molecule has 1 heterocycles. The lowest BCUT2D eigenvalue weighted by Gasteiger charge is -2.05. The molecule has 0 aliphatic heterocycles. The van der Waals surface area contributed by atoms with Gasteiger partial charge in [-0.3, -0.25) is 10.1 Å². The molecular weight excluding hydrogens is 370 g/mol. The smallest absolute Gasteiger partial charge is 0.258 e. The van der Waals surface area contributed by atoms with Gasteiger partial charge in [-0.2, -0.15) is 0 Å². The summed E-state index contributed by atoms with van der Waals surface area (Å²) < 4.78 is 1.45. The highest BCUT2D eigenvalue weighted by atomic mass is 79.9. The first-order chi connectivity index (χ1) is 8.08. The second-order valence-corrected chi connectivity index (χ2v) is 6.34. The van der Waals surface area contributed by atoms with Gasteiger partial charge in [0.1, 0.15) is 0 Å². The second-order valence-electron chi connectivity index (χ2n) is 3.13. The fourth-order valence-corrected chi connectivity index (χ4v) is 2.75. The summed E-state index contributed by atoms with van der Waals surface area (Å²) in [6, 6.07) is 5.14. The molecule has 1 aromatic heterocycles. The van der Waals surface area contributed by atoms with Crippen molar-refractivity contribution in [2.24, 2.45) is 0 Å². The van der Waals surface area contributed by atoms with E-state index in [-0.39, 0.29) is 5.91 Å². The van der Waals surface area contributed by atoms with Crippen molar-refractivity contribution >= 4 is 59.9 Å². The summed E-state index contributed by atoms with van der Waals surface area (Å²) >= 11 is 7.91. The Balaban J connectivity index is 2.23. The lowest BCUT2D eigenvalue weighted by atomic mass is 10.2. The molecule has 3 N–H and O–H groups in total. The van der Waals surface area contributed by atoms with Crippen molar-refractivity contribution < 1.29 is 4.79 Å². The zero-order valence-corrected chi connectivity index (χ0v) is 12.4. The molecule has 0 fully saturated rings. The van der Waals surface area contributed by atoms with Gasteiger partial charge in [0.25, 0.3) is 5.91 Å². The zero-order valence-electron chi connectivity index (χ0n) is 8.41. The number of halogens is 2. The summed E-state index contributed by atoms with van der Waals surface area (Å²) in [5.74, 6) is -0.244. The standard InChI is InChI=1S/C10H7Br2N3OS/c11-7-4-14-10(17-7)15-9(16)5-2-1-3-6(13)8(5)12/h1-4H,13H2,(H,14,15,16). The monoisotopic (exact) mass is 375 g/mol. The van der Waals surface area contributed by atoms with Gasteiger partial charge in [-0.05, 0) is 44.0 Å². The molecule has 1 aromatic carbocycles. The highest BCUT2D eigenvalue weighted by molar-refractivity contribution is 9.11. The molecule has 2 rings (SSSR count). The number of hydrogen-bond donors (Lipinski definition) is 2. The van der Waals surface area contributed by atoms with E-state index in [1.54, 1.807) is 24.4 Å². The maximum Gasteiger partial charge on any atom is 0.258 e. The fourth-order valence-electron chi connectivity index (χ4n) is 1.20. The molecule has 1 amide bonds. The predicted molar refractivity (Wildman–Crippen MR) is 76.3 cm³/mol. The van der Waals surface area contributed by atoms with Crippen LogP contribution in [0.25, 0.3) is 0 Å². The number of benzene rings is 1. The average Bonchev–Trinajstić information content (AvgIpc) is 2.68. The molecule has 4 nitrogen and oxygen atoms in total. The van der Waals surface area contributed by atoms with Crippen molar-refractivity contribution in [1.82, 2.24) is 4.98 Å². The van der Waals surface area contributed by atoms with Crippen molar-refractivity contribution in [2.45, 2.75) is 0 Å². The van der Waals surface area contributed by atoms with Gasteiger partial charge >= 0.3 is 0 Å². The third-order valence-corrected chi connectivity index (χ3v) is 4.25. The van der Waals surface area contributed by atoms with Gasteiger partial charge < -0.3 is 5.73 Å². The Morgan fingerprint density at radius 1 is 1.41 bits per heavy atom. The quantitative estimate of drug-likeness (QED) is 0.788. The van der Waals surface area contributed by atoms with Crippen LogP contribution in [0.1, 0.15) is 10.4 Å². The number of aromatic nitrogens is 1. The van der Waals surface area contributed by atoms with Gasteiger partial charge in [0.15, 0.2) is 5.13 Å². The molecule has 0 spiro atoms. The van der Waals surface area contributed by atoms with Crippen LogP contribution in [-0.2, 0) is 0 Å². The Kier molecular flexibility index (Phi) is 3.80. The van der Waals surface area contributed by atoms with E-state index in [1.165, 1.54) is 11.3 Å². The summed E-state index contributed by atoms with van der Waals surface area (Å²) in [5, 5.41) is 3.24. The Bertz CT molecular complexity index is 570. The topological polar surface area (TPSA) is 68.0 Å². The van der Waals surface area contributed by atoms with E-state index in [9.17, 15) is 4.79 Å². The number of anilines is 2. The lowest BCUT2D eigenvalue weighted by Crippen LogP contribution is -2.12. The van der Waals surface area contributed by atoms with Gasteiger partial charge in [0, 0.05) is 5.69 Å². The summed E-state index contributed by atoms with van der Waals surface area (Å²) in [4.78, 5) is 16.0. The average molecular weight is 377 g/mol. The van der Waals surface area contributed by atoms with E-state index >= 15 is 0 Å². The Hall–Kier alpha value is -0.920. The van der Waals surface area contributed by atoms with Crippen LogP contribution in [-0.4, -0.2) is 10.9 Å². The number of nitrogens with zero attached hydrogens (tertiary/aromatic N) is 1. The summed E-state index contributed by atoms with van der Waals surface area (Å²) in [7, 11) is 0. The minimum absolute atomic E-state index is 0.244. The maximum atomic E-state index is 12.0.